The lowest BCUT2D eigenvalue weighted by Crippen LogP contribution is -2.50. The van der Waals surface area contributed by atoms with E-state index in [0.29, 0.717) is 49.0 Å². The Morgan fingerprint density at radius 3 is 2.39 bits per heavy atom. The Kier molecular flexibility index (Phi) is 9.65. The minimum absolute atomic E-state index is 0.0666. The van der Waals surface area contributed by atoms with E-state index < -0.39 is 23.5 Å². The van der Waals surface area contributed by atoms with Crippen LogP contribution in [0.3, 0.4) is 0 Å². The summed E-state index contributed by atoms with van der Waals surface area (Å²) in [6, 6.07) is 12.6. The third kappa shape index (κ3) is 7.24. The number of benzene rings is 2. The first kappa shape index (κ1) is 30.0. The zero-order chi connectivity index (χ0) is 29.7. The summed E-state index contributed by atoms with van der Waals surface area (Å²) in [6.07, 6.45) is 2.51. The molecule has 4 rings (SSSR count). The molecule has 218 valence electrons. The van der Waals surface area contributed by atoms with E-state index in [1.165, 1.54) is 6.07 Å². The normalized spacial score (nSPS) is 15.0. The molecule has 3 amide bonds. The minimum atomic E-state index is -1.03. The SMILES string of the molecule is Cc1nc(F)c(CC[C@@H](C)N2CCC(N(Cc3ccccc3)C(=O)Nc3ccc(F)c(F)c3)CC2)c(C)c1C(N)=O. The maximum Gasteiger partial charge on any atom is 0.322 e. The van der Waals surface area contributed by atoms with Gasteiger partial charge in [0, 0.05) is 49.0 Å². The van der Waals surface area contributed by atoms with Crippen molar-refractivity contribution < 1.29 is 22.8 Å². The Morgan fingerprint density at radius 1 is 1.07 bits per heavy atom. The number of halogens is 3. The van der Waals surface area contributed by atoms with Gasteiger partial charge >= 0.3 is 6.03 Å². The number of anilines is 1. The van der Waals surface area contributed by atoms with Gasteiger partial charge in [-0.05, 0) is 69.7 Å². The van der Waals surface area contributed by atoms with Gasteiger partial charge in [0.05, 0.1) is 11.3 Å². The number of likely N-dealkylation sites (tertiary alicyclic amines) is 1. The fourth-order valence-corrected chi connectivity index (χ4v) is 5.59. The Hall–Kier alpha value is -3.92. The number of piperidine rings is 1. The second-order valence-electron chi connectivity index (χ2n) is 10.7. The summed E-state index contributed by atoms with van der Waals surface area (Å²) in [6.45, 7) is 7.20. The predicted molar refractivity (Wildman–Crippen MR) is 152 cm³/mol. The second-order valence-corrected chi connectivity index (χ2v) is 10.7. The van der Waals surface area contributed by atoms with Crippen LogP contribution in [0.4, 0.5) is 23.7 Å². The van der Waals surface area contributed by atoms with Gasteiger partial charge in [0.2, 0.25) is 5.95 Å². The molecule has 0 aliphatic carbocycles. The van der Waals surface area contributed by atoms with Crippen LogP contribution in [-0.2, 0) is 13.0 Å². The summed E-state index contributed by atoms with van der Waals surface area (Å²) in [5.74, 6) is -3.19. The third-order valence-corrected chi connectivity index (χ3v) is 7.95. The molecule has 2 heterocycles. The van der Waals surface area contributed by atoms with Crippen LogP contribution in [0.15, 0.2) is 48.5 Å². The Balaban J connectivity index is 1.41. The Labute approximate surface area is 238 Å². The van der Waals surface area contributed by atoms with E-state index in [-0.39, 0.29) is 29.4 Å². The Morgan fingerprint density at radius 2 is 1.76 bits per heavy atom. The van der Waals surface area contributed by atoms with Crippen molar-refractivity contribution in [1.82, 2.24) is 14.8 Å². The molecule has 3 aromatic rings. The van der Waals surface area contributed by atoms with E-state index >= 15 is 0 Å². The highest BCUT2D eigenvalue weighted by molar-refractivity contribution is 5.95. The van der Waals surface area contributed by atoms with Gasteiger partial charge < -0.3 is 20.9 Å². The third-order valence-electron chi connectivity index (χ3n) is 7.95. The number of aromatic nitrogens is 1. The van der Waals surface area contributed by atoms with Crippen molar-refractivity contribution in [2.75, 3.05) is 18.4 Å². The molecular weight excluding hydrogens is 531 g/mol. The topological polar surface area (TPSA) is 91.6 Å². The molecule has 1 fully saturated rings. The number of carbonyl (C=O) groups excluding carboxylic acids is 2. The lowest BCUT2D eigenvalue weighted by molar-refractivity contribution is 0.0991. The van der Waals surface area contributed by atoms with Crippen LogP contribution >= 0.6 is 0 Å². The first-order chi connectivity index (χ1) is 19.5. The molecular formula is C31H36F3N5O2. The smallest absolute Gasteiger partial charge is 0.322 e. The summed E-state index contributed by atoms with van der Waals surface area (Å²) < 4.78 is 41.8. The number of nitrogens with zero attached hydrogens (tertiary/aromatic N) is 3. The van der Waals surface area contributed by atoms with Crippen molar-refractivity contribution in [2.45, 2.75) is 65.1 Å². The summed E-state index contributed by atoms with van der Waals surface area (Å²) >= 11 is 0. The van der Waals surface area contributed by atoms with Gasteiger partial charge in [-0.1, -0.05) is 30.3 Å². The van der Waals surface area contributed by atoms with Crippen molar-refractivity contribution in [2.24, 2.45) is 5.73 Å². The highest BCUT2D eigenvalue weighted by atomic mass is 19.2. The van der Waals surface area contributed by atoms with E-state index in [9.17, 15) is 22.8 Å². The number of hydrogen-bond donors (Lipinski definition) is 2. The molecule has 1 atom stereocenters. The van der Waals surface area contributed by atoms with Crippen LogP contribution in [-0.4, -0.2) is 51.9 Å². The van der Waals surface area contributed by atoms with Crippen LogP contribution in [0.1, 0.15) is 58.9 Å². The van der Waals surface area contributed by atoms with Crippen LogP contribution in [0.25, 0.3) is 0 Å². The van der Waals surface area contributed by atoms with Crippen LogP contribution in [0.2, 0.25) is 0 Å². The lowest BCUT2D eigenvalue weighted by Gasteiger charge is -2.41. The molecule has 41 heavy (non-hydrogen) atoms. The number of pyridine rings is 1. The number of hydrogen-bond acceptors (Lipinski definition) is 4. The van der Waals surface area contributed by atoms with Crippen LogP contribution in [0, 0.1) is 31.4 Å². The average molecular weight is 568 g/mol. The summed E-state index contributed by atoms with van der Waals surface area (Å²) in [4.78, 5) is 33.2. The van der Waals surface area contributed by atoms with E-state index in [1.54, 1.807) is 18.7 Å². The number of rotatable bonds is 9. The quantitative estimate of drug-likeness (QED) is 0.323. The Bertz CT molecular complexity index is 1390. The zero-order valence-electron chi connectivity index (χ0n) is 23.6. The maximum absolute atomic E-state index is 14.7. The van der Waals surface area contributed by atoms with E-state index in [4.69, 9.17) is 5.73 Å². The standard InChI is InChI=1S/C31H36F3N5O2/c1-19(9-11-25-20(2)28(30(35)40)21(3)36-29(25)34)38-15-13-24(14-16-38)39(18-22-7-5-4-6-8-22)31(41)37-23-10-12-26(32)27(33)17-23/h4-8,10,12,17,19,24H,9,11,13-16,18H2,1-3H3,(H2,35,40)(H,37,41)/t19-/m1/s1. The lowest BCUT2D eigenvalue weighted by atomic mass is 9.95. The minimum Gasteiger partial charge on any atom is -0.366 e. The molecule has 1 saturated heterocycles. The molecule has 0 saturated carbocycles. The molecule has 0 radical (unpaired) electrons. The van der Waals surface area contributed by atoms with Gasteiger partial charge in [0.15, 0.2) is 11.6 Å². The van der Waals surface area contributed by atoms with Crippen molar-refractivity contribution in [1.29, 1.82) is 0 Å². The highest BCUT2D eigenvalue weighted by Crippen LogP contribution is 2.25. The van der Waals surface area contributed by atoms with Crippen molar-refractivity contribution in [3.05, 3.63) is 94.1 Å². The number of primary amides is 1. The number of amides is 3. The van der Waals surface area contributed by atoms with Gasteiger partial charge in [-0.3, -0.25) is 4.79 Å². The fourth-order valence-electron chi connectivity index (χ4n) is 5.59. The van der Waals surface area contributed by atoms with Crippen LogP contribution < -0.4 is 11.1 Å². The summed E-state index contributed by atoms with van der Waals surface area (Å²) in [7, 11) is 0. The molecule has 0 spiro atoms. The zero-order valence-corrected chi connectivity index (χ0v) is 23.6. The summed E-state index contributed by atoms with van der Waals surface area (Å²) in [5.41, 5.74) is 8.16. The molecule has 1 aromatic heterocycles. The first-order valence-electron chi connectivity index (χ1n) is 13.8. The van der Waals surface area contributed by atoms with E-state index in [2.05, 4.69) is 22.1 Å². The number of nitrogens with two attached hydrogens (primary N) is 1. The first-order valence-corrected chi connectivity index (χ1v) is 13.8. The number of aryl methyl sites for hydroxylation is 1. The monoisotopic (exact) mass is 567 g/mol. The number of nitrogens with one attached hydrogen (secondary N) is 1. The molecule has 2 aromatic carbocycles. The maximum atomic E-state index is 14.7. The van der Waals surface area contributed by atoms with Gasteiger partial charge in [0.1, 0.15) is 0 Å². The molecule has 7 nitrogen and oxygen atoms in total. The van der Waals surface area contributed by atoms with Gasteiger partial charge in [-0.25, -0.2) is 18.6 Å². The number of carbonyl (C=O) groups is 2. The molecule has 0 bridgehead atoms. The molecule has 1 aliphatic heterocycles. The van der Waals surface area contributed by atoms with Crippen molar-refractivity contribution >= 4 is 17.6 Å². The van der Waals surface area contributed by atoms with Crippen LogP contribution in [0.5, 0.6) is 0 Å². The molecule has 3 N–H and O–H groups in total. The van der Waals surface area contributed by atoms with Gasteiger partial charge in [-0.2, -0.15) is 4.39 Å². The molecule has 0 unspecified atom stereocenters. The van der Waals surface area contributed by atoms with Gasteiger partial charge in [-0.15, -0.1) is 0 Å². The number of urea groups is 1. The van der Waals surface area contributed by atoms with E-state index in [1.807, 2.05) is 30.3 Å². The molecule has 1 aliphatic rings. The highest BCUT2D eigenvalue weighted by Gasteiger charge is 2.30. The predicted octanol–water partition coefficient (Wildman–Crippen LogP) is 5.73. The average Bonchev–Trinajstić information content (AvgIpc) is 2.93. The van der Waals surface area contributed by atoms with Gasteiger partial charge in [0.25, 0.3) is 5.91 Å². The molecule has 10 heteroatoms. The van der Waals surface area contributed by atoms with E-state index in [0.717, 1.165) is 30.8 Å². The summed E-state index contributed by atoms with van der Waals surface area (Å²) in [5, 5.41) is 2.72. The largest absolute Gasteiger partial charge is 0.366 e. The van der Waals surface area contributed by atoms with Crippen molar-refractivity contribution in [3.63, 3.8) is 0 Å². The van der Waals surface area contributed by atoms with Crippen molar-refractivity contribution in [3.8, 4) is 0 Å². The fraction of sp³-hybridized carbons (Fsp3) is 0.387. The second kappa shape index (κ2) is 13.2.